The van der Waals surface area contributed by atoms with E-state index in [1.165, 1.54) is 16.2 Å². The van der Waals surface area contributed by atoms with Gasteiger partial charge in [-0.15, -0.1) is 10.2 Å². The number of fused-ring (bicyclic) bond motifs is 1. The van der Waals surface area contributed by atoms with Crippen molar-refractivity contribution in [1.82, 2.24) is 10.2 Å². The van der Waals surface area contributed by atoms with Gasteiger partial charge in [0, 0.05) is 12.0 Å². The number of nitrogens with zero attached hydrogens (tertiary/aromatic N) is 3. The molecule has 1 N–H and O–H groups in total. The van der Waals surface area contributed by atoms with E-state index in [0.717, 1.165) is 17.7 Å². The van der Waals surface area contributed by atoms with Gasteiger partial charge in [0.2, 0.25) is 5.13 Å². The Kier molecular flexibility index (Phi) is 7.80. The molecular weight excluding hydrogens is 530 g/mol. The van der Waals surface area contributed by atoms with Crippen molar-refractivity contribution in [1.29, 1.82) is 0 Å². The first-order valence-electron chi connectivity index (χ1n) is 13.5. The van der Waals surface area contributed by atoms with Gasteiger partial charge in [-0.25, -0.2) is 0 Å². The van der Waals surface area contributed by atoms with Gasteiger partial charge in [0.05, 0.1) is 24.8 Å². The lowest BCUT2D eigenvalue weighted by atomic mass is 9.94. The number of ketones is 1. The van der Waals surface area contributed by atoms with Crippen LogP contribution in [0.1, 0.15) is 61.9 Å². The smallest absolute Gasteiger partial charge is 0.301 e. The molecule has 0 radical (unpaired) electrons. The number of aliphatic hydroxyl groups is 1. The molecule has 1 saturated heterocycles. The van der Waals surface area contributed by atoms with Gasteiger partial charge >= 0.3 is 5.91 Å². The van der Waals surface area contributed by atoms with E-state index >= 15 is 0 Å². The number of anilines is 1. The number of aliphatic hydroxyl groups excluding tert-OH is 1. The first-order valence-corrected chi connectivity index (χ1v) is 14.3. The van der Waals surface area contributed by atoms with Gasteiger partial charge in [-0.1, -0.05) is 31.3 Å². The van der Waals surface area contributed by atoms with Crippen LogP contribution in [-0.2, 0) is 16.0 Å². The van der Waals surface area contributed by atoms with E-state index < -0.39 is 17.7 Å². The quantitative estimate of drug-likeness (QED) is 0.203. The van der Waals surface area contributed by atoms with Gasteiger partial charge in [0.15, 0.2) is 11.5 Å². The maximum Gasteiger partial charge on any atom is 0.301 e. The second-order valence-electron chi connectivity index (χ2n) is 10.4. The second-order valence-corrected chi connectivity index (χ2v) is 11.6. The van der Waals surface area contributed by atoms with E-state index in [-0.39, 0.29) is 22.6 Å². The van der Waals surface area contributed by atoms with Crippen molar-refractivity contribution in [3.05, 3.63) is 63.7 Å². The monoisotopic (exact) mass is 563 g/mol. The Hall–Kier alpha value is -3.92. The fraction of sp³-hybridized carbons (Fsp3) is 0.400. The second kappa shape index (κ2) is 11.3. The van der Waals surface area contributed by atoms with E-state index in [1.807, 2.05) is 19.9 Å². The summed E-state index contributed by atoms with van der Waals surface area (Å²) in [6.45, 7) is 10.8. The fourth-order valence-corrected chi connectivity index (χ4v) is 5.65. The zero-order chi connectivity index (χ0) is 28.6. The summed E-state index contributed by atoms with van der Waals surface area (Å²) >= 11 is 1.20. The maximum absolute atomic E-state index is 13.5. The molecule has 0 bridgehead atoms. The van der Waals surface area contributed by atoms with Crippen LogP contribution in [-0.4, -0.2) is 46.3 Å². The first-order chi connectivity index (χ1) is 19.2. The average Bonchev–Trinajstić information content (AvgIpc) is 3.58. The van der Waals surface area contributed by atoms with Crippen LogP contribution in [0, 0.1) is 12.8 Å². The Morgan fingerprint density at radius 1 is 1.15 bits per heavy atom. The molecule has 1 aromatic heterocycles. The molecule has 1 fully saturated rings. The number of hydrogen-bond acceptors (Lipinski definition) is 9. The predicted octanol–water partition coefficient (Wildman–Crippen LogP) is 5.62. The van der Waals surface area contributed by atoms with Crippen molar-refractivity contribution in [3.63, 3.8) is 0 Å². The Bertz CT molecular complexity index is 1480. The van der Waals surface area contributed by atoms with Crippen LogP contribution in [0.3, 0.4) is 0 Å². The number of Topliss-reactive ketones (excluding diaryl/α,β-unsaturated/α-hetero) is 1. The molecule has 5 rings (SSSR count). The van der Waals surface area contributed by atoms with Crippen LogP contribution >= 0.6 is 11.3 Å². The van der Waals surface area contributed by atoms with Crippen LogP contribution in [0.5, 0.6) is 17.2 Å². The summed E-state index contributed by atoms with van der Waals surface area (Å²) < 4.78 is 17.7. The summed E-state index contributed by atoms with van der Waals surface area (Å²) in [4.78, 5) is 28.3. The molecule has 10 heteroatoms. The number of ether oxygens (including phenoxy) is 3. The number of carbonyl (C=O) groups excluding carboxylic acids is 2. The molecule has 3 heterocycles. The highest BCUT2D eigenvalue weighted by Gasteiger charge is 2.48. The van der Waals surface area contributed by atoms with Gasteiger partial charge in [-0.3, -0.25) is 14.5 Å². The van der Waals surface area contributed by atoms with E-state index in [2.05, 4.69) is 24.0 Å². The van der Waals surface area contributed by atoms with Crippen molar-refractivity contribution in [3.8, 4) is 17.2 Å². The van der Waals surface area contributed by atoms with Gasteiger partial charge in [-0.05, 0) is 74.6 Å². The number of aryl methyl sites for hydroxylation is 1. The van der Waals surface area contributed by atoms with E-state index in [4.69, 9.17) is 14.2 Å². The van der Waals surface area contributed by atoms with Crippen LogP contribution in [0.2, 0.25) is 0 Å². The van der Waals surface area contributed by atoms with Gasteiger partial charge in [0.25, 0.3) is 5.78 Å². The lowest BCUT2D eigenvalue weighted by Crippen LogP contribution is -2.29. The lowest BCUT2D eigenvalue weighted by molar-refractivity contribution is -0.132. The molecule has 0 aliphatic carbocycles. The number of amides is 1. The highest BCUT2D eigenvalue weighted by molar-refractivity contribution is 7.15. The molecule has 9 nitrogen and oxygen atoms in total. The molecule has 0 saturated carbocycles. The van der Waals surface area contributed by atoms with E-state index in [1.54, 1.807) is 37.3 Å². The molecule has 40 heavy (non-hydrogen) atoms. The predicted molar refractivity (Wildman–Crippen MR) is 152 cm³/mol. The summed E-state index contributed by atoms with van der Waals surface area (Å²) in [7, 11) is 0. The summed E-state index contributed by atoms with van der Waals surface area (Å²) in [6, 6.07) is 9.67. The van der Waals surface area contributed by atoms with Crippen molar-refractivity contribution >= 4 is 33.9 Å². The highest BCUT2D eigenvalue weighted by atomic mass is 32.1. The summed E-state index contributed by atoms with van der Waals surface area (Å²) in [5.41, 5.74) is 1.92. The Morgan fingerprint density at radius 3 is 2.65 bits per heavy atom. The van der Waals surface area contributed by atoms with E-state index in [9.17, 15) is 14.7 Å². The third-order valence-electron chi connectivity index (χ3n) is 6.87. The number of rotatable bonds is 9. The molecule has 1 amide bonds. The molecule has 2 aliphatic rings. The topological polar surface area (TPSA) is 111 Å². The van der Waals surface area contributed by atoms with Crippen molar-refractivity contribution in [2.24, 2.45) is 5.92 Å². The van der Waals surface area contributed by atoms with Crippen molar-refractivity contribution < 1.29 is 28.9 Å². The molecule has 2 aromatic carbocycles. The standard InChI is InChI=1S/C30H33N3O6S/c1-6-37-24-15-19(7-10-23(24)38-12-11-16(2)3)26-25(28(35)29(36)33(26)30-32-31-18(5)40-30)27(34)20-8-9-22-21(14-20)13-17(4)39-22/h7-10,14-17,26,34H,6,11-13H2,1-5H3/t17-,26-/m0/s1. The third kappa shape index (κ3) is 5.28. The summed E-state index contributed by atoms with van der Waals surface area (Å²) in [5, 5.41) is 20.7. The van der Waals surface area contributed by atoms with Gasteiger partial charge in [0.1, 0.15) is 22.6 Å². The van der Waals surface area contributed by atoms with Crippen LogP contribution < -0.4 is 19.1 Å². The highest BCUT2D eigenvalue weighted by Crippen LogP contribution is 2.45. The van der Waals surface area contributed by atoms with Crippen molar-refractivity contribution in [2.45, 2.75) is 59.6 Å². The molecule has 2 atom stereocenters. The molecular formula is C30H33N3O6S. The zero-order valence-corrected chi connectivity index (χ0v) is 24.1. The minimum Gasteiger partial charge on any atom is -0.507 e. The molecule has 3 aromatic rings. The minimum absolute atomic E-state index is 0.0249. The molecule has 2 aliphatic heterocycles. The number of hydrogen-bond donors (Lipinski definition) is 1. The van der Waals surface area contributed by atoms with Crippen LogP contribution in [0.4, 0.5) is 5.13 Å². The average molecular weight is 564 g/mol. The third-order valence-corrected chi connectivity index (χ3v) is 7.71. The van der Waals surface area contributed by atoms with Crippen LogP contribution in [0.15, 0.2) is 42.0 Å². The lowest BCUT2D eigenvalue weighted by Gasteiger charge is -2.24. The zero-order valence-electron chi connectivity index (χ0n) is 23.3. The van der Waals surface area contributed by atoms with E-state index in [0.29, 0.717) is 53.2 Å². The molecule has 210 valence electrons. The normalized spacial score (nSPS) is 19.7. The first kappa shape index (κ1) is 27.6. The SMILES string of the molecule is CCOc1cc([C@H]2C(=C(O)c3ccc4c(c3)C[C@H](C)O4)C(=O)C(=O)N2c2nnc(C)s2)ccc1OCCC(C)C. The number of benzene rings is 2. The van der Waals surface area contributed by atoms with Gasteiger partial charge in [-0.2, -0.15) is 0 Å². The Morgan fingerprint density at radius 2 is 1.95 bits per heavy atom. The Labute approximate surface area is 237 Å². The van der Waals surface area contributed by atoms with Gasteiger partial charge < -0.3 is 19.3 Å². The number of aromatic nitrogens is 2. The largest absolute Gasteiger partial charge is 0.507 e. The molecule has 0 spiro atoms. The number of carbonyl (C=O) groups is 2. The fourth-order valence-electron chi connectivity index (χ4n) is 4.94. The van der Waals surface area contributed by atoms with Crippen molar-refractivity contribution in [2.75, 3.05) is 18.1 Å². The van der Waals surface area contributed by atoms with Crippen LogP contribution in [0.25, 0.3) is 5.76 Å². The Balaban J connectivity index is 1.63. The molecule has 0 unspecified atom stereocenters. The minimum atomic E-state index is -0.945. The maximum atomic E-state index is 13.5. The summed E-state index contributed by atoms with van der Waals surface area (Å²) in [6.07, 6.45) is 1.60. The summed E-state index contributed by atoms with van der Waals surface area (Å²) in [5.74, 6) is 0.462.